The Balaban J connectivity index is 5.40. The first-order valence-electron chi connectivity index (χ1n) is 9.28. The van der Waals surface area contributed by atoms with Gasteiger partial charge in [-0.1, -0.05) is 0 Å². The zero-order chi connectivity index (χ0) is 24.3. The molecular weight excluding hydrogens is 436 g/mol. The van der Waals surface area contributed by atoms with Crippen molar-refractivity contribution in [1.29, 1.82) is 0 Å². The van der Waals surface area contributed by atoms with Crippen molar-refractivity contribution in [3.63, 3.8) is 0 Å². The quantitative estimate of drug-likeness (QED) is 0.127. The topological polar surface area (TPSA) is 228 Å². The number of carboxylic acid groups (broad SMARTS) is 2. The molecule has 6 atom stereocenters. The summed E-state index contributed by atoms with van der Waals surface area (Å²) in [4.78, 5) is 59.1. The minimum absolute atomic E-state index is 0.135. The molecule has 0 saturated heterocycles. The number of thioether (sulfide) groups is 1. The van der Waals surface area contributed by atoms with Crippen molar-refractivity contribution in [3.8, 4) is 0 Å². The molecule has 0 bridgehead atoms. The highest BCUT2D eigenvalue weighted by Crippen LogP contribution is 2.05. The SMILES string of the molecule is CSCCC(NC(=O)C(N)C(C)O)C(=O)NC(C(=O)NC(CC(=O)O)C(=O)O)C(C)O. The van der Waals surface area contributed by atoms with Gasteiger partial charge in [0, 0.05) is 0 Å². The van der Waals surface area contributed by atoms with Crippen LogP contribution in [-0.4, -0.2) is 98.5 Å². The smallest absolute Gasteiger partial charge is 0.326 e. The highest BCUT2D eigenvalue weighted by molar-refractivity contribution is 7.98. The molecule has 0 aromatic rings. The molecule has 0 spiro atoms. The second-order valence-electron chi connectivity index (χ2n) is 6.83. The molecule has 0 aromatic heterocycles. The summed E-state index contributed by atoms with van der Waals surface area (Å²) in [7, 11) is 0. The van der Waals surface area contributed by atoms with Crippen molar-refractivity contribution >= 4 is 41.4 Å². The summed E-state index contributed by atoms with van der Waals surface area (Å²) in [5.41, 5.74) is 5.55. The maximum absolute atomic E-state index is 12.7. The van der Waals surface area contributed by atoms with Gasteiger partial charge in [-0.2, -0.15) is 11.8 Å². The normalized spacial score (nSPS) is 16.7. The summed E-state index contributed by atoms with van der Waals surface area (Å²) in [5, 5.41) is 43.7. The van der Waals surface area contributed by atoms with Gasteiger partial charge in [-0.3, -0.25) is 19.2 Å². The van der Waals surface area contributed by atoms with Crippen LogP contribution in [0.25, 0.3) is 0 Å². The molecule has 14 heteroatoms. The van der Waals surface area contributed by atoms with E-state index in [1.165, 1.54) is 18.7 Å². The fraction of sp³-hybridized carbons (Fsp3) is 0.706. The van der Waals surface area contributed by atoms with Gasteiger partial charge in [0.1, 0.15) is 24.2 Å². The van der Waals surface area contributed by atoms with Gasteiger partial charge in [-0.05, 0) is 32.3 Å². The lowest BCUT2D eigenvalue weighted by molar-refractivity contribution is -0.148. The number of carbonyl (C=O) groups is 5. The molecule has 0 aliphatic carbocycles. The van der Waals surface area contributed by atoms with E-state index < -0.39 is 72.5 Å². The lowest BCUT2D eigenvalue weighted by Crippen LogP contribution is -2.60. The van der Waals surface area contributed by atoms with Crippen LogP contribution in [0, 0.1) is 0 Å². The van der Waals surface area contributed by atoms with E-state index >= 15 is 0 Å². The van der Waals surface area contributed by atoms with Crippen molar-refractivity contribution in [1.82, 2.24) is 16.0 Å². The summed E-state index contributed by atoms with van der Waals surface area (Å²) in [6, 6.07) is -5.86. The maximum Gasteiger partial charge on any atom is 0.326 e. The first kappa shape index (κ1) is 28.6. The number of nitrogens with two attached hydrogens (primary N) is 1. The van der Waals surface area contributed by atoms with Crippen LogP contribution >= 0.6 is 11.8 Å². The number of carbonyl (C=O) groups excluding carboxylic acids is 3. The van der Waals surface area contributed by atoms with Crippen LogP contribution in [0.1, 0.15) is 26.7 Å². The Hall–Kier alpha value is -2.42. The van der Waals surface area contributed by atoms with Crippen molar-refractivity contribution < 1.29 is 44.4 Å². The molecule has 0 fully saturated rings. The molecule has 0 heterocycles. The number of nitrogens with one attached hydrogen (secondary N) is 3. The van der Waals surface area contributed by atoms with E-state index in [0.717, 1.165) is 6.92 Å². The van der Waals surface area contributed by atoms with Gasteiger partial charge in [-0.25, -0.2) is 4.79 Å². The number of aliphatic hydroxyl groups is 2. The zero-order valence-electron chi connectivity index (χ0n) is 17.4. The molecule has 31 heavy (non-hydrogen) atoms. The molecule has 0 aromatic carbocycles. The minimum atomic E-state index is -1.78. The van der Waals surface area contributed by atoms with E-state index in [4.69, 9.17) is 15.9 Å². The van der Waals surface area contributed by atoms with Gasteiger partial charge < -0.3 is 42.1 Å². The van der Waals surface area contributed by atoms with Crippen molar-refractivity contribution in [2.24, 2.45) is 5.73 Å². The van der Waals surface area contributed by atoms with Crippen molar-refractivity contribution in [2.45, 2.75) is 63.1 Å². The highest BCUT2D eigenvalue weighted by atomic mass is 32.2. The van der Waals surface area contributed by atoms with Crippen molar-refractivity contribution in [2.75, 3.05) is 12.0 Å². The number of hydrogen-bond donors (Lipinski definition) is 8. The second-order valence-corrected chi connectivity index (χ2v) is 7.82. The summed E-state index contributed by atoms with van der Waals surface area (Å²) >= 11 is 1.38. The van der Waals surface area contributed by atoms with E-state index in [0.29, 0.717) is 5.75 Å². The van der Waals surface area contributed by atoms with E-state index in [1.54, 1.807) is 6.26 Å². The van der Waals surface area contributed by atoms with Crippen LogP contribution in [0.3, 0.4) is 0 Å². The van der Waals surface area contributed by atoms with Crippen LogP contribution in [0.2, 0.25) is 0 Å². The predicted molar refractivity (Wildman–Crippen MR) is 110 cm³/mol. The molecule has 0 saturated carbocycles. The molecule has 13 nitrogen and oxygen atoms in total. The van der Waals surface area contributed by atoms with E-state index in [-0.39, 0.29) is 6.42 Å². The molecule has 6 unspecified atom stereocenters. The van der Waals surface area contributed by atoms with Gasteiger partial charge in [0.15, 0.2) is 0 Å². The second kappa shape index (κ2) is 13.8. The Bertz CT molecular complexity index is 660. The number of amides is 3. The molecule has 178 valence electrons. The monoisotopic (exact) mass is 466 g/mol. The third-order valence-electron chi connectivity index (χ3n) is 4.12. The zero-order valence-corrected chi connectivity index (χ0v) is 18.2. The Labute approximate surface area is 183 Å². The Morgan fingerprint density at radius 2 is 1.42 bits per heavy atom. The summed E-state index contributed by atoms with van der Waals surface area (Å²) in [5.74, 6) is -5.42. The number of rotatable bonds is 14. The molecule has 0 aliphatic heterocycles. The molecule has 0 rings (SSSR count). The van der Waals surface area contributed by atoms with Gasteiger partial charge >= 0.3 is 11.9 Å². The summed E-state index contributed by atoms with van der Waals surface area (Å²) in [6.07, 6.45) is -1.66. The first-order chi connectivity index (χ1) is 14.3. The molecule has 0 radical (unpaired) electrons. The fourth-order valence-corrected chi connectivity index (χ4v) is 2.76. The van der Waals surface area contributed by atoms with E-state index in [1.807, 2.05) is 5.32 Å². The number of aliphatic carboxylic acids is 2. The lowest BCUT2D eigenvalue weighted by atomic mass is 10.1. The Morgan fingerprint density at radius 1 is 0.871 bits per heavy atom. The molecule has 9 N–H and O–H groups in total. The standard InChI is InChI=1S/C17H30N4O9S/c1-7(22)12(18)15(27)19-9(4-5-31-3)14(26)21-13(8(2)23)16(28)20-10(17(29)30)6-11(24)25/h7-10,12-13,22-23H,4-6,18H2,1-3H3,(H,19,27)(H,20,28)(H,21,26)(H,24,25)(H,29,30). The van der Waals surface area contributed by atoms with E-state index in [9.17, 15) is 34.2 Å². The van der Waals surface area contributed by atoms with Crippen molar-refractivity contribution in [3.05, 3.63) is 0 Å². The molecule has 0 aliphatic rings. The molecular formula is C17H30N4O9S. The number of hydrogen-bond acceptors (Lipinski definition) is 9. The first-order valence-corrected chi connectivity index (χ1v) is 10.7. The minimum Gasteiger partial charge on any atom is -0.481 e. The van der Waals surface area contributed by atoms with Crippen LogP contribution in [0.5, 0.6) is 0 Å². The average Bonchev–Trinajstić information content (AvgIpc) is 2.66. The highest BCUT2D eigenvalue weighted by Gasteiger charge is 2.33. The number of aliphatic hydroxyl groups excluding tert-OH is 2. The largest absolute Gasteiger partial charge is 0.481 e. The number of carboxylic acids is 2. The van der Waals surface area contributed by atoms with Crippen LogP contribution in [-0.2, 0) is 24.0 Å². The van der Waals surface area contributed by atoms with Gasteiger partial charge in [-0.15, -0.1) is 0 Å². The van der Waals surface area contributed by atoms with E-state index in [2.05, 4.69) is 10.6 Å². The lowest BCUT2D eigenvalue weighted by Gasteiger charge is -2.26. The third kappa shape index (κ3) is 10.4. The maximum atomic E-state index is 12.7. The third-order valence-corrected chi connectivity index (χ3v) is 4.77. The molecule has 3 amide bonds. The Kier molecular flexibility index (Phi) is 12.7. The fourth-order valence-electron chi connectivity index (χ4n) is 2.29. The Morgan fingerprint density at radius 3 is 1.84 bits per heavy atom. The summed E-state index contributed by atoms with van der Waals surface area (Å²) < 4.78 is 0. The summed E-state index contributed by atoms with van der Waals surface area (Å²) in [6.45, 7) is 2.46. The van der Waals surface area contributed by atoms with Crippen LogP contribution in [0.15, 0.2) is 0 Å². The van der Waals surface area contributed by atoms with Crippen LogP contribution in [0.4, 0.5) is 0 Å². The predicted octanol–water partition coefficient (Wildman–Crippen LogP) is -3.16. The van der Waals surface area contributed by atoms with Gasteiger partial charge in [0.25, 0.3) is 0 Å². The average molecular weight is 467 g/mol. The van der Waals surface area contributed by atoms with Gasteiger partial charge in [0.05, 0.1) is 18.6 Å². The van der Waals surface area contributed by atoms with Gasteiger partial charge in [0.2, 0.25) is 17.7 Å². The van der Waals surface area contributed by atoms with Crippen LogP contribution < -0.4 is 21.7 Å².